The topological polar surface area (TPSA) is 80.5 Å². The number of anilines is 1. The lowest BCUT2D eigenvalue weighted by Gasteiger charge is -2.21. The van der Waals surface area contributed by atoms with E-state index in [9.17, 15) is 13.2 Å². The summed E-state index contributed by atoms with van der Waals surface area (Å²) >= 11 is 6.09. The van der Waals surface area contributed by atoms with E-state index in [4.69, 9.17) is 17.3 Å². The predicted octanol–water partition coefficient (Wildman–Crippen LogP) is 0.991. The van der Waals surface area contributed by atoms with Crippen molar-refractivity contribution >= 4 is 33.0 Å². The monoisotopic (exact) mass is 316 g/mol. The lowest BCUT2D eigenvalue weighted by molar-refractivity contribution is -0.119. The Morgan fingerprint density at radius 2 is 2.20 bits per heavy atom. The third-order valence-electron chi connectivity index (χ3n) is 3.35. The summed E-state index contributed by atoms with van der Waals surface area (Å²) in [6, 6.07) is 4.59. The van der Waals surface area contributed by atoms with Gasteiger partial charge in [-0.3, -0.25) is 4.79 Å². The minimum absolute atomic E-state index is 0.0872. The Labute approximate surface area is 123 Å². The van der Waals surface area contributed by atoms with Crippen LogP contribution in [-0.4, -0.2) is 38.9 Å². The van der Waals surface area contributed by atoms with Gasteiger partial charge in [-0.2, -0.15) is 0 Å². The number of nitrogens with two attached hydrogens (primary N) is 1. The number of hydrogen-bond donors (Lipinski definition) is 1. The molecular formula is C13H17ClN2O3S. The molecule has 1 atom stereocenters. The van der Waals surface area contributed by atoms with Crippen LogP contribution < -0.4 is 10.6 Å². The Kier molecular flexibility index (Phi) is 4.36. The molecule has 0 radical (unpaired) electrons. The van der Waals surface area contributed by atoms with Gasteiger partial charge in [0.05, 0.1) is 11.8 Å². The third-order valence-corrected chi connectivity index (χ3v) is 4.68. The molecule has 0 saturated heterocycles. The Hall–Kier alpha value is -1.11. The molecule has 1 aliphatic heterocycles. The summed E-state index contributed by atoms with van der Waals surface area (Å²) in [5, 5.41) is 0.641. The molecule has 1 aliphatic rings. The van der Waals surface area contributed by atoms with E-state index in [-0.39, 0.29) is 18.1 Å². The van der Waals surface area contributed by atoms with Crippen LogP contribution in [0.2, 0.25) is 5.02 Å². The first-order valence-corrected chi connectivity index (χ1v) is 8.75. The highest BCUT2D eigenvalue weighted by Gasteiger charge is 2.29. The molecule has 1 heterocycles. The molecule has 1 aromatic carbocycles. The Bertz CT molecular complexity index is 631. The molecule has 0 bridgehead atoms. The second kappa shape index (κ2) is 5.71. The van der Waals surface area contributed by atoms with Gasteiger partial charge in [0.15, 0.2) is 0 Å². The maximum Gasteiger partial charge on any atom is 0.243 e. The van der Waals surface area contributed by atoms with E-state index in [1.807, 2.05) is 6.07 Å². The molecule has 0 aliphatic carbocycles. The molecule has 0 aromatic heterocycles. The van der Waals surface area contributed by atoms with Crippen molar-refractivity contribution in [2.24, 2.45) is 5.73 Å². The van der Waals surface area contributed by atoms with Crippen molar-refractivity contribution in [1.29, 1.82) is 0 Å². The van der Waals surface area contributed by atoms with E-state index >= 15 is 0 Å². The smallest absolute Gasteiger partial charge is 0.243 e. The average molecular weight is 317 g/mol. The van der Waals surface area contributed by atoms with Crippen LogP contribution in [0, 0.1) is 0 Å². The average Bonchev–Trinajstić information content (AvgIpc) is 2.79. The van der Waals surface area contributed by atoms with Crippen LogP contribution >= 0.6 is 11.6 Å². The first kappa shape index (κ1) is 15.3. The van der Waals surface area contributed by atoms with E-state index in [1.165, 1.54) is 0 Å². The van der Waals surface area contributed by atoms with E-state index in [2.05, 4.69) is 0 Å². The van der Waals surface area contributed by atoms with Gasteiger partial charge in [0, 0.05) is 23.5 Å². The number of halogens is 1. The summed E-state index contributed by atoms with van der Waals surface area (Å²) < 4.78 is 22.2. The van der Waals surface area contributed by atoms with Gasteiger partial charge in [-0.15, -0.1) is 0 Å². The van der Waals surface area contributed by atoms with Crippen molar-refractivity contribution in [3.8, 4) is 0 Å². The van der Waals surface area contributed by atoms with Crippen molar-refractivity contribution in [2.75, 3.05) is 23.5 Å². The third kappa shape index (κ3) is 3.31. The van der Waals surface area contributed by atoms with Crippen LogP contribution in [0.3, 0.4) is 0 Å². The van der Waals surface area contributed by atoms with Crippen molar-refractivity contribution in [3.63, 3.8) is 0 Å². The largest absolute Gasteiger partial charge is 0.320 e. The SMILES string of the molecule is CS(=O)(=O)CC[C@H](N)C(=O)N1CCc2c(Cl)cccc21. The molecule has 1 aromatic rings. The highest BCUT2D eigenvalue weighted by atomic mass is 35.5. The number of carbonyl (C=O) groups excluding carboxylic acids is 1. The number of nitrogens with zero attached hydrogens (tertiary/aromatic N) is 1. The van der Waals surface area contributed by atoms with E-state index in [0.717, 1.165) is 17.5 Å². The predicted molar refractivity (Wildman–Crippen MR) is 79.8 cm³/mol. The van der Waals surface area contributed by atoms with Crippen molar-refractivity contribution in [3.05, 3.63) is 28.8 Å². The fourth-order valence-corrected chi connectivity index (χ4v) is 3.23. The summed E-state index contributed by atoms with van der Waals surface area (Å²) in [5.74, 6) is -0.342. The standard InChI is InChI=1S/C13H17ClN2O3S/c1-20(18,19)8-6-11(15)13(17)16-7-5-9-10(14)3-2-4-12(9)16/h2-4,11H,5-8,15H2,1H3/t11-/m0/s1. The zero-order valence-electron chi connectivity index (χ0n) is 11.2. The maximum atomic E-state index is 12.3. The molecule has 0 unspecified atom stereocenters. The molecule has 0 fully saturated rings. The second-order valence-corrected chi connectivity index (χ2v) is 7.67. The van der Waals surface area contributed by atoms with Gasteiger partial charge in [-0.1, -0.05) is 17.7 Å². The summed E-state index contributed by atoms with van der Waals surface area (Å²) in [5.41, 5.74) is 7.53. The van der Waals surface area contributed by atoms with E-state index in [1.54, 1.807) is 17.0 Å². The van der Waals surface area contributed by atoms with Crippen molar-refractivity contribution in [1.82, 2.24) is 0 Å². The van der Waals surface area contributed by atoms with E-state index < -0.39 is 15.9 Å². The van der Waals surface area contributed by atoms with Gasteiger partial charge in [-0.25, -0.2) is 8.42 Å². The zero-order chi connectivity index (χ0) is 14.9. The van der Waals surface area contributed by atoms with Crippen LogP contribution in [0.25, 0.3) is 0 Å². The summed E-state index contributed by atoms with van der Waals surface area (Å²) in [6.07, 6.45) is 1.96. The van der Waals surface area contributed by atoms with Gasteiger partial charge >= 0.3 is 0 Å². The minimum Gasteiger partial charge on any atom is -0.320 e. The number of benzene rings is 1. The summed E-state index contributed by atoms with van der Waals surface area (Å²) in [6.45, 7) is 0.532. The quantitative estimate of drug-likeness (QED) is 0.898. The number of amides is 1. The van der Waals surface area contributed by atoms with Crippen LogP contribution in [-0.2, 0) is 21.1 Å². The van der Waals surface area contributed by atoms with Gasteiger partial charge in [0.2, 0.25) is 5.91 Å². The van der Waals surface area contributed by atoms with Gasteiger partial charge in [0.1, 0.15) is 9.84 Å². The Morgan fingerprint density at radius 1 is 1.50 bits per heavy atom. The molecule has 0 saturated carbocycles. The first-order chi connectivity index (χ1) is 9.29. The van der Waals surface area contributed by atoms with Crippen molar-refractivity contribution < 1.29 is 13.2 Å². The molecule has 2 rings (SSSR count). The fraction of sp³-hybridized carbons (Fsp3) is 0.462. The van der Waals surface area contributed by atoms with Gasteiger partial charge in [-0.05, 0) is 30.5 Å². The molecule has 7 heteroatoms. The van der Waals surface area contributed by atoms with Crippen LogP contribution in [0.4, 0.5) is 5.69 Å². The highest BCUT2D eigenvalue weighted by molar-refractivity contribution is 7.90. The summed E-state index contributed by atoms with van der Waals surface area (Å²) in [4.78, 5) is 13.9. The second-order valence-electron chi connectivity index (χ2n) is 5.00. The number of carbonyl (C=O) groups is 1. The molecule has 20 heavy (non-hydrogen) atoms. The first-order valence-electron chi connectivity index (χ1n) is 6.31. The molecule has 110 valence electrons. The fourth-order valence-electron chi connectivity index (χ4n) is 2.29. The van der Waals surface area contributed by atoms with E-state index in [0.29, 0.717) is 18.0 Å². The molecular weight excluding hydrogens is 300 g/mol. The van der Waals surface area contributed by atoms with Crippen LogP contribution in [0.15, 0.2) is 18.2 Å². The summed E-state index contributed by atoms with van der Waals surface area (Å²) in [7, 11) is -3.12. The minimum atomic E-state index is -3.12. The van der Waals surface area contributed by atoms with Crippen molar-refractivity contribution in [2.45, 2.75) is 18.9 Å². The number of hydrogen-bond acceptors (Lipinski definition) is 4. The molecule has 2 N–H and O–H groups in total. The maximum absolute atomic E-state index is 12.3. The van der Waals surface area contributed by atoms with Gasteiger partial charge < -0.3 is 10.6 Å². The number of rotatable bonds is 4. The molecule has 5 nitrogen and oxygen atoms in total. The number of fused-ring (bicyclic) bond motifs is 1. The normalized spacial score (nSPS) is 16.1. The zero-order valence-corrected chi connectivity index (χ0v) is 12.7. The highest BCUT2D eigenvalue weighted by Crippen LogP contribution is 2.33. The lowest BCUT2D eigenvalue weighted by Crippen LogP contribution is -2.44. The Balaban J connectivity index is 2.11. The van der Waals surface area contributed by atoms with Gasteiger partial charge in [0.25, 0.3) is 0 Å². The van der Waals surface area contributed by atoms with Crippen LogP contribution in [0.1, 0.15) is 12.0 Å². The number of sulfone groups is 1. The molecule has 0 spiro atoms. The molecule has 1 amide bonds. The Morgan fingerprint density at radius 3 is 2.85 bits per heavy atom. The van der Waals surface area contributed by atoms with Crippen LogP contribution in [0.5, 0.6) is 0 Å². The lowest BCUT2D eigenvalue weighted by atomic mass is 10.1.